The van der Waals surface area contributed by atoms with E-state index in [0.29, 0.717) is 30.2 Å². The van der Waals surface area contributed by atoms with Crippen LogP contribution in [0.2, 0.25) is 0 Å². The summed E-state index contributed by atoms with van der Waals surface area (Å²) < 4.78 is 12.7. The predicted octanol–water partition coefficient (Wildman–Crippen LogP) is 2.71. The zero-order valence-electron chi connectivity index (χ0n) is 14.2. The van der Waals surface area contributed by atoms with Crippen LogP contribution in [0, 0.1) is 0 Å². The fraction of sp³-hybridized carbons (Fsp3) is 0.263. The first kappa shape index (κ1) is 15.5. The summed E-state index contributed by atoms with van der Waals surface area (Å²) in [6.45, 7) is 1.90. The molecule has 1 aliphatic heterocycles. The quantitative estimate of drug-likeness (QED) is 0.737. The Labute approximate surface area is 145 Å². The first-order valence-corrected chi connectivity index (χ1v) is 8.16. The van der Waals surface area contributed by atoms with Crippen LogP contribution in [-0.4, -0.2) is 41.1 Å². The van der Waals surface area contributed by atoms with E-state index in [1.165, 1.54) is 0 Å². The van der Waals surface area contributed by atoms with Crippen LogP contribution in [0.15, 0.2) is 42.5 Å². The minimum atomic E-state index is -0.0285. The van der Waals surface area contributed by atoms with Gasteiger partial charge in [-0.25, -0.2) is 4.98 Å². The molecule has 1 aliphatic rings. The van der Waals surface area contributed by atoms with Crippen molar-refractivity contribution < 1.29 is 14.3 Å². The summed E-state index contributed by atoms with van der Waals surface area (Å²) in [6.07, 6.45) is 0. The third kappa shape index (κ3) is 2.59. The lowest BCUT2D eigenvalue weighted by atomic mass is 10.1. The highest BCUT2D eigenvalue weighted by atomic mass is 16.5. The molecule has 0 bridgehead atoms. The zero-order chi connectivity index (χ0) is 17.4. The number of imidazole rings is 1. The van der Waals surface area contributed by atoms with Gasteiger partial charge in [-0.3, -0.25) is 4.79 Å². The number of methoxy groups -OCH3 is 2. The molecule has 0 atom stereocenters. The zero-order valence-corrected chi connectivity index (χ0v) is 14.2. The topological polar surface area (TPSA) is 56.6 Å². The molecule has 1 amide bonds. The summed E-state index contributed by atoms with van der Waals surface area (Å²) in [5.74, 6) is 2.05. The fourth-order valence-electron chi connectivity index (χ4n) is 3.29. The van der Waals surface area contributed by atoms with Crippen molar-refractivity contribution in [3.05, 3.63) is 53.9 Å². The number of rotatable bonds is 3. The van der Waals surface area contributed by atoms with Gasteiger partial charge in [0.2, 0.25) is 0 Å². The summed E-state index contributed by atoms with van der Waals surface area (Å²) in [6, 6.07) is 13.3. The van der Waals surface area contributed by atoms with Gasteiger partial charge in [0.15, 0.2) is 11.5 Å². The number of amides is 1. The Morgan fingerprint density at radius 2 is 1.84 bits per heavy atom. The molecular weight excluding hydrogens is 318 g/mol. The van der Waals surface area contributed by atoms with Crippen molar-refractivity contribution in [1.82, 2.24) is 14.5 Å². The van der Waals surface area contributed by atoms with Gasteiger partial charge in [0.25, 0.3) is 5.91 Å². The van der Waals surface area contributed by atoms with E-state index in [4.69, 9.17) is 9.47 Å². The Balaban J connectivity index is 1.62. The number of carbonyl (C=O) groups excluding carboxylic acids is 1. The number of aromatic nitrogens is 2. The van der Waals surface area contributed by atoms with Crippen LogP contribution in [0.1, 0.15) is 16.2 Å². The average Bonchev–Trinajstić information content (AvgIpc) is 3.04. The van der Waals surface area contributed by atoms with Gasteiger partial charge in [0.1, 0.15) is 5.82 Å². The molecular formula is C19H19N3O3. The number of ether oxygens (including phenoxy) is 2. The maximum absolute atomic E-state index is 12.9. The smallest absolute Gasteiger partial charge is 0.254 e. The van der Waals surface area contributed by atoms with E-state index in [1.54, 1.807) is 32.4 Å². The Hall–Kier alpha value is -3.02. The molecule has 6 nitrogen and oxygen atoms in total. The van der Waals surface area contributed by atoms with E-state index in [0.717, 1.165) is 23.4 Å². The largest absolute Gasteiger partial charge is 0.493 e. The molecule has 0 saturated heterocycles. The van der Waals surface area contributed by atoms with Crippen LogP contribution in [0.25, 0.3) is 11.0 Å². The normalized spacial score (nSPS) is 13.6. The molecule has 3 aromatic rings. The number of carbonyl (C=O) groups is 1. The van der Waals surface area contributed by atoms with Gasteiger partial charge in [0.05, 0.1) is 31.8 Å². The second kappa shape index (κ2) is 6.12. The molecule has 6 heteroatoms. The van der Waals surface area contributed by atoms with E-state index in [9.17, 15) is 4.79 Å². The minimum Gasteiger partial charge on any atom is -0.493 e. The Bertz CT molecular complexity index is 948. The fourth-order valence-corrected chi connectivity index (χ4v) is 3.29. The Morgan fingerprint density at radius 1 is 1.04 bits per heavy atom. The molecule has 4 rings (SSSR count). The molecule has 128 valence electrons. The van der Waals surface area contributed by atoms with Crippen LogP contribution in [0.5, 0.6) is 11.5 Å². The second-order valence-electron chi connectivity index (χ2n) is 5.96. The van der Waals surface area contributed by atoms with E-state index >= 15 is 0 Å². The molecule has 0 saturated carbocycles. The van der Waals surface area contributed by atoms with Gasteiger partial charge >= 0.3 is 0 Å². The lowest BCUT2D eigenvalue weighted by Gasteiger charge is -2.28. The monoisotopic (exact) mass is 337 g/mol. The number of benzene rings is 2. The van der Waals surface area contributed by atoms with E-state index in [2.05, 4.69) is 15.6 Å². The maximum Gasteiger partial charge on any atom is 0.254 e. The number of nitrogens with zero attached hydrogens (tertiary/aromatic N) is 3. The molecule has 25 heavy (non-hydrogen) atoms. The van der Waals surface area contributed by atoms with Crippen molar-refractivity contribution in [2.45, 2.75) is 13.1 Å². The van der Waals surface area contributed by atoms with Crippen molar-refractivity contribution >= 4 is 16.9 Å². The molecule has 2 heterocycles. The van der Waals surface area contributed by atoms with Crippen LogP contribution < -0.4 is 9.47 Å². The summed E-state index contributed by atoms with van der Waals surface area (Å²) >= 11 is 0. The maximum atomic E-state index is 12.9. The molecule has 0 unspecified atom stereocenters. The SMILES string of the molecule is COc1ccc(C(=O)N2CCn3c(nc4ccccc43)C2)cc1OC. The van der Waals surface area contributed by atoms with Gasteiger partial charge in [0, 0.05) is 18.7 Å². The van der Waals surface area contributed by atoms with Gasteiger partial charge < -0.3 is 18.9 Å². The summed E-state index contributed by atoms with van der Waals surface area (Å²) in [5.41, 5.74) is 2.68. The van der Waals surface area contributed by atoms with Gasteiger partial charge in [-0.2, -0.15) is 0 Å². The van der Waals surface area contributed by atoms with E-state index < -0.39 is 0 Å². The molecule has 0 N–H and O–H groups in total. The van der Waals surface area contributed by atoms with Crippen LogP contribution in [0.3, 0.4) is 0 Å². The van der Waals surface area contributed by atoms with Crippen molar-refractivity contribution in [1.29, 1.82) is 0 Å². The predicted molar refractivity (Wildman–Crippen MR) is 94.0 cm³/mol. The third-order valence-corrected chi connectivity index (χ3v) is 4.58. The lowest BCUT2D eigenvalue weighted by Crippen LogP contribution is -2.38. The molecule has 0 radical (unpaired) electrons. The minimum absolute atomic E-state index is 0.0285. The van der Waals surface area contributed by atoms with Gasteiger partial charge in [-0.05, 0) is 30.3 Å². The number of hydrogen-bond donors (Lipinski definition) is 0. The number of fused-ring (bicyclic) bond motifs is 3. The van der Waals surface area contributed by atoms with Crippen LogP contribution in [-0.2, 0) is 13.1 Å². The second-order valence-corrected chi connectivity index (χ2v) is 5.96. The van der Waals surface area contributed by atoms with Gasteiger partial charge in [-0.15, -0.1) is 0 Å². The highest BCUT2D eigenvalue weighted by molar-refractivity contribution is 5.95. The van der Waals surface area contributed by atoms with Crippen molar-refractivity contribution in [2.75, 3.05) is 20.8 Å². The standard InChI is InChI=1S/C19H19N3O3/c1-24-16-8-7-13(11-17(16)25-2)19(23)21-9-10-22-15-6-4-3-5-14(15)20-18(22)12-21/h3-8,11H,9-10,12H2,1-2H3. The van der Waals surface area contributed by atoms with Gasteiger partial charge in [-0.1, -0.05) is 12.1 Å². The lowest BCUT2D eigenvalue weighted by molar-refractivity contribution is 0.0708. The van der Waals surface area contributed by atoms with Crippen LogP contribution >= 0.6 is 0 Å². The van der Waals surface area contributed by atoms with E-state index in [1.807, 2.05) is 23.1 Å². The molecule has 1 aromatic heterocycles. The first-order valence-electron chi connectivity index (χ1n) is 8.16. The first-order chi connectivity index (χ1) is 12.2. The number of para-hydroxylation sites is 2. The average molecular weight is 337 g/mol. The summed E-state index contributed by atoms with van der Waals surface area (Å²) in [5, 5.41) is 0. The molecule has 0 fully saturated rings. The van der Waals surface area contributed by atoms with Crippen molar-refractivity contribution in [3.8, 4) is 11.5 Å². The molecule has 0 spiro atoms. The Morgan fingerprint density at radius 3 is 2.64 bits per heavy atom. The van der Waals surface area contributed by atoms with Crippen molar-refractivity contribution in [2.24, 2.45) is 0 Å². The molecule has 2 aromatic carbocycles. The van der Waals surface area contributed by atoms with E-state index in [-0.39, 0.29) is 5.91 Å². The third-order valence-electron chi connectivity index (χ3n) is 4.58. The van der Waals surface area contributed by atoms with Crippen LogP contribution in [0.4, 0.5) is 0 Å². The summed E-state index contributed by atoms with van der Waals surface area (Å²) in [7, 11) is 3.14. The summed E-state index contributed by atoms with van der Waals surface area (Å²) in [4.78, 5) is 19.4. The number of hydrogen-bond acceptors (Lipinski definition) is 4. The Kier molecular flexibility index (Phi) is 3.80. The van der Waals surface area contributed by atoms with Crippen molar-refractivity contribution in [3.63, 3.8) is 0 Å². The highest BCUT2D eigenvalue weighted by Crippen LogP contribution is 2.29. The molecule has 0 aliphatic carbocycles. The highest BCUT2D eigenvalue weighted by Gasteiger charge is 2.25.